The van der Waals surface area contributed by atoms with Crippen LogP contribution < -0.4 is 10.1 Å². The summed E-state index contributed by atoms with van der Waals surface area (Å²) in [6.07, 6.45) is -0.911. The number of allylic oxidation sites excluding steroid dienone is 2. The van der Waals surface area contributed by atoms with Gasteiger partial charge in [0.2, 0.25) is 6.29 Å². The summed E-state index contributed by atoms with van der Waals surface area (Å²) < 4.78 is 46.6. The molecule has 2 amide bonds. The molecule has 7 N–H and O–H groups in total. The Morgan fingerprint density at radius 2 is 1.60 bits per heavy atom. The zero-order valence-electron chi connectivity index (χ0n) is 44.6. The average molecular weight is 1070 g/mol. The van der Waals surface area contributed by atoms with Gasteiger partial charge < -0.3 is 68.9 Å². The third-order valence-corrected chi connectivity index (χ3v) is 15.6. The van der Waals surface area contributed by atoms with Gasteiger partial charge in [0, 0.05) is 101 Å². The minimum atomic E-state index is -4.59. The number of likely N-dealkylation sites (tertiary alicyclic amines) is 1. The van der Waals surface area contributed by atoms with Crippen molar-refractivity contribution in [2.75, 3.05) is 32.9 Å². The van der Waals surface area contributed by atoms with Crippen molar-refractivity contribution in [2.24, 2.45) is 34.6 Å². The molecule has 0 aromatic heterocycles. The first-order chi connectivity index (χ1) is 35.0. The Hall–Kier alpha value is -5.61. The maximum Gasteiger partial charge on any atom is 0.415 e. The first-order valence-corrected chi connectivity index (χ1v) is 27.0. The zero-order valence-corrected chi connectivity index (χ0v) is 45.5. The van der Waals surface area contributed by atoms with Crippen LogP contribution in [0.25, 0.3) is 5.76 Å². The Morgan fingerprint density at radius 1 is 0.947 bits per heavy atom. The number of esters is 2. The molecular weight excluding hydrogens is 1000 g/mol. The highest BCUT2D eigenvalue weighted by molar-refractivity contribution is 7.51. The number of piperidine rings is 1. The molecule has 11 atom stereocenters. The molecule has 1 saturated heterocycles. The van der Waals surface area contributed by atoms with Crippen LogP contribution in [0.4, 0.5) is 4.79 Å². The Bertz CT molecular complexity index is 2610. The highest BCUT2D eigenvalue weighted by atomic mass is 31.2. The van der Waals surface area contributed by atoms with Crippen LogP contribution in [0.2, 0.25) is 0 Å². The number of aliphatic hydroxyl groups is 3. The molecule has 414 valence electrons. The van der Waals surface area contributed by atoms with Gasteiger partial charge in [-0.05, 0) is 25.8 Å². The van der Waals surface area contributed by atoms with Gasteiger partial charge in [-0.1, -0.05) is 59.8 Å². The molecular formula is C52H73N4O18P. The number of phenols is 1. The summed E-state index contributed by atoms with van der Waals surface area (Å²) in [5.74, 6) is -9.37. The van der Waals surface area contributed by atoms with E-state index in [1.54, 1.807) is 33.8 Å². The van der Waals surface area contributed by atoms with Gasteiger partial charge in [-0.3, -0.25) is 33.6 Å². The third-order valence-electron chi connectivity index (χ3n) is 14.8. The molecule has 75 heavy (non-hydrogen) atoms. The molecule has 1 fully saturated rings. The molecule has 6 rings (SSSR count). The second-order valence-electron chi connectivity index (χ2n) is 20.9. The van der Waals surface area contributed by atoms with E-state index in [0.29, 0.717) is 19.6 Å². The molecule has 23 heteroatoms. The van der Waals surface area contributed by atoms with Crippen LogP contribution in [-0.2, 0) is 42.6 Å². The van der Waals surface area contributed by atoms with Gasteiger partial charge in [0.25, 0.3) is 11.7 Å². The number of Topliss-reactive ketones (excluding diaryl/α,β-unsaturated/α-hetero) is 1. The normalized spacial score (nSPS) is 31.3. The van der Waals surface area contributed by atoms with Crippen LogP contribution in [-0.4, -0.2) is 157 Å². The van der Waals surface area contributed by atoms with Crippen molar-refractivity contribution in [1.82, 2.24) is 15.1 Å². The number of aromatic hydroxyl groups is 1. The van der Waals surface area contributed by atoms with Crippen LogP contribution in [0.3, 0.4) is 0 Å². The molecule has 4 heterocycles. The smallest absolute Gasteiger partial charge is 0.415 e. The minimum absolute atomic E-state index is 0.00229. The fraction of sp³-hybridized carbons (Fsp3) is 0.615. The Labute approximate surface area is 436 Å². The van der Waals surface area contributed by atoms with E-state index in [1.165, 1.54) is 71.1 Å². The number of amides is 2. The van der Waals surface area contributed by atoms with Crippen molar-refractivity contribution < 1.29 is 87.2 Å². The van der Waals surface area contributed by atoms with Gasteiger partial charge in [0.15, 0.2) is 0 Å². The number of hydrogen-bond acceptors (Lipinski definition) is 18. The number of ketones is 1. The molecule has 1 spiro atoms. The second kappa shape index (κ2) is 22.9. The SMILES string of the molecule is CO[C@H]1/C=C/O[C@@]2(C)Oc3c(C)c(O)c4c(c3C2=O)C2=NC3(CCN(CC(C)C)CC3)N(C(=O)OC(C)OC(=O)CCP(=O)(O)O)C2C(=C4O)NC(=O)/C(C)=C\C=C\[C@H](C)[C@H](O)[C@@H](C)[C@@H](O)[C@@H](C)[C@H](OC(C)=O)[C@@H]1C. The third kappa shape index (κ3) is 12.2. The van der Waals surface area contributed by atoms with E-state index in [-0.39, 0.29) is 63.7 Å². The summed E-state index contributed by atoms with van der Waals surface area (Å²) in [6, 6.07) is -1.57. The standard InChI is InChI=1S/C52H73N4O18P/c1-25(2)24-55-20-18-52(19-21-55)54-39-36-37-44(61)31(8)47-38(36)48(63)51(11,74-47)70-22-16-34(69-12)28(5)46(71-32(9)57)30(7)43(60)29(6)42(59)26(3)14-13-15-27(4)49(64)53-40(45(37)62)41(39)56(52)50(65)73-33(10)72-35(58)17-23-75(66,67)68/h13-16,22,25-26,28-30,33-34,41-43,46,59-62H,17-21,23-24H2,1-12H3,(H,53,64)(H2,66,67,68)/b14-13+,22-16+,27-15-/t26-,28+,29+,30+,33?,34-,41?,42-,43+,46+,51-/m0/s1. The van der Waals surface area contributed by atoms with E-state index in [2.05, 4.69) is 24.1 Å². The number of carbonyl (C=O) groups is 5. The number of nitrogens with one attached hydrogen (secondary N) is 1. The number of fused-ring (bicyclic) bond motifs is 3. The summed E-state index contributed by atoms with van der Waals surface area (Å²) >= 11 is 0. The molecule has 1 aliphatic carbocycles. The molecule has 1 aromatic carbocycles. The number of rotatable bonds is 9. The molecule has 1 aromatic rings. The number of benzene rings is 1. The molecule has 0 saturated carbocycles. The van der Waals surface area contributed by atoms with Crippen molar-refractivity contribution in [3.8, 4) is 11.5 Å². The number of carbonyl (C=O) groups excluding carboxylic acids is 5. The maximum atomic E-state index is 15.1. The number of methoxy groups -OCH3 is 1. The second-order valence-corrected chi connectivity index (χ2v) is 22.7. The summed E-state index contributed by atoms with van der Waals surface area (Å²) in [5, 5.41) is 50.7. The Kier molecular flexibility index (Phi) is 17.9. The van der Waals surface area contributed by atoms with Crippen molar-refractivity contribution in [2.45, 2.75) is 144 Å². The summed E-state index contributed by atoms with van der Waals surface area (Å²) in [6.45, 7) is 19.1. The van der Waals surface area contributed by atoms with E-state index in [0.717, 1.165) is 0 Å². The van der Waals surface area contributed by atoms with Gasteiger partial charge in [-0.25, -0.2) is 4.79 Å². The fourth-order valence-electron chi connectivity index (χ4n) is 10.6. The topological polar surface area (TPSA) is 310 Å². The Balaban J connectivity index is 1.55. The van der Waals surface area contributed by atoms with Crippen LogP contribution in [0.15, 0.2) is 46.8 Å². The summed E-state index contributed by atoms with van der Waals surface area (Å²) in [7, 11) is -3.18. The van der Waals surface area contributed by atoms with Crippen molar-refractivity contribution >= 4 is 48.8 Å². The van der Waals surface area contributed by atoms with E-state index in [1.807, 2.05) is 0 Å². The van der Waals surface area contributed by atoms with E-state index in [9.17, 15) is 54.0 Å². The van der Waals surface area contributed by atoms with Crippen LogP contribution in [0.1, 0.15) is 116 Å². The number of phenolic OH excluding ortho intramolecular Hbond substituents is 1. The zero-order chi connectivity index (χ0) is 55.8. The molecule has 4 aliphatic heterocycles. The highest BCUT2D eigenvalue weighted by Crippen LogP contribution is 2.54. The fourth-order valence-corrected chi connectivity index (χ4v) is 11.1. The Morgan fingerprint density at radius 3 is 2.20 bits per heavy atom. The first kappa shape index (κ1) is 58.6. The lowest BCUT2D eigenvalue weighted by Crippen LogP contribution is -2.59. The highest BCUT2D eigenvalue weighted by Gasteiger charge is 2.60. The van der Waals surface area contributed by atoms with Gasteiger partial charge >= 0.3 is 31.4 Å². The molecule has 22 nitrogen and oxygen atoms in total. The summed E-state index contributed by atoms with van der Waals surface area (Å²) in [5.41, 5.74) is -2.45. The number of aliphatic imine (C=N–C) groups is 1. The quantitative estimate of drug-likeness (QED) is 0.0958. The molecule has 0 radical (unpaired) electrons. The number of hydrogen-bond donors (Lipinski definition) is 7. The lowest BCUT2D eigenvalue weighted by Gasteiger charge is -2.45. The van der Waals surface area contributed by atoms with E-state index >= 15 is 4.79 Å². The molecule has 5 bridgehead atoms. The predicted molar refractivity (Wildman–Crippen MR) is 271 cm³/mol. The van der Waals surface area contributed by atoms with Crippen LogP contribution in [0.5, 0.6) is 11.5 Å². The number of nitrogens with zero attached hydrogens (tertiary/aromatic N) is 3. The molecule has 5 aliphatic rings. The molecule has 2 unspecified atom stereocenters. The lowest BCUT2D eigenvalue weighted by atomic mass is 9.78. The lowest BCUT2D eigenvalue weighted by molar-refractivity contribution is -0.167. The van der Waals surface area contributed by atoms with Gasteiger partial charge in [0.05, 0.1) is 59.7 Å². The monoisotopic (exact) mass is 1070 g/mol. The van der Waals surface area contributed by atoms with E-state index < -0.39 is 133 Å². The first-order valence-electron chi connectivity index (χ1n) is 25.2. The number of ether oxygens (including phenoxy) is 6. The van der Waals surface area contributed by atoms with Crippen molar-refractivity contribution in [3.05, 3.63) is 64.1 Å². The van der Waals surface area contributed by atoms with Crippen molar-refractivity contribution in [3.63, 3.8) is 0 Å². The van der Waals surface area contributed by atoms with Crippen molar-refractivity contribution in [1.29, 1.82) is 0 Å². The van der Waals surface area contributed by atoms with Gasteiger partial charge in [0.1, 0.15) is 35.1 Å². The predicted octanol–water partition coefficient (Wildman–Crippen LogP) is 5.12. The largest absolute Gasteiger partial charge is 0.507 e. The minimum Gasteiger partial charge on any atom is -0.507 e. The summed E-state index contributed by atoms with van der Waals surface area (Å²) in [4.78, 5) is 97.0. The van der Waals surface area contributed by atoms with Crippen LogP contribution in [0, 0.1) is 36.5 Å². The maximum absolute atomic E-state index is 15.1. The van der Waals surface area contributed by atoms with Gasteiger partial charge in [-0.15, -0.1) is 0 Å². The van der Waals surface area contributed by atoms with Crippen LogP contribution >= 0.6 is 7.60 Å². The average Bonchev–Trinajstić information content (AvgIpc) is 3.80. The van der Waals surface area contributed by atoms with E-state index in [4.69, 9.17) is 33.4 Å². The number of aliphatic hydroxyl groups excluding tert-OH is 3. The van der Waals surface area contributed by atoms with Gasteiger partial charge in [-0.2, -0.15) is 0 Å².